The maximum Gasteiger partial charge on any atom is 0.257 e. The zero-order valence-corrected chi connectivity index (χ0v) is 19.7. The molecule has 0 radical (unpaired) electrons. The molecule has 1 aliphatic carbocycles. The van der Waals surface area contributed by atoms with Crippen LogP contribution in [0.5, 0.6) is 5.88 Å². The average molecular weight is 463 g/mol. The van der Waals surface area contributed by atoms with Crippen LogP contribution < -0.4 is 15.0 Å². The van der Waals surface area contributed by atoms with Crippen molar-refractivity contribution in [1.29, 1.82) is 0 Å². The van der Waals surface area contributed by atoms with Gasteiger partial charge in [-0.05, 0) is 62.8 Å². The summed E-state index contributed by atoms with van der Waals surface area (Å²) in [5.41, 5.74) is 1.92. The zero-order chi connectivity index (χ0) is 22.7. The number of ether oxygens (including phenoxy) is 2. The van der Waals surface area contributed by atoms with E-state index in [0.29, 0.717) is 12.5 Å². The van der Waals surface area contributed by atoms with Gasteiger partial charge >= 0.3 is 0 Å². The van der Waals surface area contributed by atoms with Crippen molar-refractivity contribution in [3.63, 3.8) is 0 Å². The van der Waals surface area contributed by atoms with E-state index in [4.69, 9.17) is 21.1 Å². The number of benzene rings is 1. The third-order valence-corrected chi connectivity index (χ3v) is 6.53. The van der Waals surface area contributed by atoms with Crippen LogP contribution in [0.3, 0.4) is 0 Å². The molecule has 0 bridgehead atoms. The molecule has 1 saturated carbocycles. The molecule has 4 rings (SSSR count). The van der Waals surface area contributed by atoms with Gasteiger partial charge in [0.15, 0.2) is 5.15 Å². The van der Waals surface area contributed by atoms with E-state index in [1.54, 1.807) is 0 Å². The molecule has 2 aromatic rings. The quantitative estimate of drug-likeness (QED) is 0.545. The van der Waals surface area contributed by atoms with Crippen LogP contribution in [-0.2, 0) is 4.74 Å². The van der Waals surface area contributed by atoms with Gasteiger partial charge in [-0.15, -0.1) is 0 Å². The van der Waals surface area contributed by atoms with Crippen LogP contribution in [0.15, 0.2) is 24.3 Å². The smallest absolute Gasteiger partial charge is 0.257 e. The van der Waals surface area contributed by atoms with Crippen LogP contribution >= 0.6 is 11.6 Å². The lowest BCUT2D eigenvalue weighted by Gasteiger charge is -2.36. The lowest BCUT2D eigenvalue weighted by atomic mass is 9.83. The minimum absolute atomic E-state index is 0.0981. The minimum atomic E-state index is -0.715. The molecule has 1 aromatic heterocycles. The number of nitrogens with zero attached hydrogens (tertiary/aromatic N) is 3. The van der Waals surface area contributed by atoms with Gasteiger partial charge in [-0.1, -0.05) is 31.4 Å². The first-order chi connectivity index (χ1) is 15.4. The molecular formula is C24H32ClFN4O2. The maximum absolute atomic E-state index is 14.4. The summed E-state index contributed by atoms with van der Waals surface area (Å²) in [5.74, 6) is 0.582. The number of halogens is 2. The van der Waals surface area contributed by atoms with E-state index in [0.717, 1.165) is 43.2 Å². The Morgan fingerprint density at radius 3 is 2.38 bits per heavy atom. The first-order valence-electron chi connectivity index (χ1n) is 11.5. The van der Waals surface area contributed by atoms with E-state index in [1.807, 2.05) is 24.3 Å². The van der Waals surface area contributed by atoms with E-state index in [1.165, 1.54) is 12.8 Å². The van der Waals surface area contributed by atoms with Crippen molar-refractivity contribution >= 4 is 28.9 Å². The number of hydrogen-bond donors (Lipinski definition) is 1. The number of nitrogens with one attached hydrogen (secondary N) is 1. The van der Waals surface area contributed by atoms with Gasteiger partial charge in [-0.2, -0.15) is 14.4 Å². The third-order valence-electron chi connectivity index (χ3n) is 6.28. The fourth-order valence-corrected chi connectivity index (χ4v) is 4.68. The predicted molar refractivity (Wildman–Crippen MR) is 126 cm³/mol. The maximum atomic E-state index is 14.4. The van der Waals surface area contributed by atoms with Gasteiger partial charge in [0.05, 0.1) is 18.8 Å². The van der Waals surface area contributed by atoms with E-state index in [2.05, 4.69) is 41.0 Å². The van der Waals surface area contributed by atoms with Crippen LogP contribution in [0.4, 0.5) is 21.7 Å². The van der Waals surface area contributed by atoms with Crippen LogP contribution in [0.25, 0.3) is 0 Å². The van der Waals surface area contributed by atoms with Gasteiger partial charge in [0.2, 0.25) is 11.8 Å². The van der Waals surface area contributed by atoms with E-state index >= 15 is 0 Å². The molecule has 2 atom stereocenters. The SMILES string of the molecule is CC1CCC(COc2nc(Nc3ccc(N4C[C@@H](C)O[C@@H](C)C4)cc3)nc(Cl)c2F)CC1. The summed E-state index contributed by atoms with van der Waals surface area (Å²) in [5, 5.41) is 2.86. The highest BCUT2D eigenvalue weighted by Gasteiger charge is 2.23. The zero-order valence-electron chi connectivity index (χ0n) is 19.0. The average Bonchev–Trinajstić information content (AvgIpc) is 2.76. The Bertz CT molecular complexity index is 896. The van der Waals surface area contributed by atoms with Crippen LogP contribution in [-0.4, -0.2) is 41.9 Å². The number of anilines is 3. The van der Waals surface area contributed by atoms with Gasteiger partial charge in [-0.3, -0.25) is 0 Å². The second-order valence-corrected chi connectivity index (χ2v) is 9.59. The van der Waals surface area contributed by atoms with Gasteiger partial charge in [0.25, 0.3) is 5.88 Å². The number of morpholine rings is 1. The molecule has 1 saturated heterocycles. The molecule has 0 unspecified atom stereocenters. The van der Waals surface area contributed by atoms with Crippen molar-refractivity contribution < 1.29 is 13.9 Å². The Kier molecular flexibility index (Phi) is 7.36. The number of aromatic nitrogens is 2. The molecule has 1 aromatic carbocycles. The second kappa shape index (κ2) is 10.2. The number of rotatable bonds is 6. The lowest BCUT2D eigenvalue weighted by molar-refractivity contribution is -0.00521. The summed E-state index contributed by atoms with van der Waals surface area (Å²) >= 11 is 6.02. The molecule has 8 heteroatoms. The fraction of sp³-hybridized carbons (Fsp3) is 0.583. The van der Waals surface area contributed by atoms with Crippen molar-refractivity contribution in [2.24, 2.45) is 11.8 Å². The van der Waals surface area contributed by atoms with E-state index < -0.39 is 5.82 Å². The molecule has 1 N–H and O–H groups in total. The summed E-state index contributed by atoms with van der Waals surface area (Å²) in [7, 11) is 0. The van der Waals surface area contributed by atoms with E-state index in [-0.39, 0.29) is 29.2 Å². The summed E-state index contributed by atoms with van der Waals surface area (Å²) < 4.78 is 26.0. The Hall–Kier alpha value is -2.12. The molecule has 6 nitrogen and oxygen atoms in total. The first kappa shape index (κ1) is 23.1. The standard InChI is InChI=1S/C24H32ClFN4O2/c1-15-4-6-18(7-5-15)14-31-23-21(26)22(25)28-24(29-23)27-19-8-10-20(11-9-19)30-12-16(2)32-17(3)13-30/h8-11,15-18H,4-7,12-14H2,1-3H3,(H,27,28,29)/t15?,16-,17+,18?. The largest absolute Gasteiger partial charge is 0.475 e. The van der Waals surface area contributed by atoms with Crippen LogP contribution in [0.2, 0.25) is 5.15 Å². The van der Waals surface area contributed by atoms with Crippen molar-refractivity contribution in [1.82, 2.24) is 9.97 Å². The third kappa shape index (κ3) is 5.81. The van der Waals surface area contributed by atoms with Gasteiger partial charge in [0.1, 0.15) is 0 Å². The monoisotopic (exact) mass is 462 g/mol. The second-order valence-electron chi connectivity index (χ2n) is 9.23. The van der Waals surface area contributed by atoms with Crippen molar-refractivity contribution in [2.45, 2.75) is 58.7 Å². The Balaban J connectivity index is 1.40. The topological polar surface area (TPSA) is 59.5 Å². The molecule has 174 valence electrons. The molecule has 32 heavy (non-hydrogen) atoms. The van der Waals surface area contributed by atoms with Crippen molar-refractivity contribution in [3.8, 4) is 5.88 Å². The highest BCUT2D eigenvalue weighted by Crippen LogP contribution is 2.30. The molecular weight excluding hydrogens is 431 g/mol. The summed E-state index contributed by atoms with van der Waals surface area (Å²) in [6.45, 7) is 8.60. The Labute approximate surface area is 194 Å². The normalized spacial score (nSPS) is 26.1. The highest BCUT2D eigenvalue weighted by molar-refractivity contribution is 6.29. The van der Waals surface area contributed by atoms with Gasteiger partial charge in [-0.25, -0.2) is 0 Å². The number of hydrogen-bond acceptors (Lipinski definition) is 6. The summed E-state index contributed by atoms with van der Waals surface area (Å²) in [4.78, 5) is 10.6. The predicted octanol–water partition coefficient (Wildman–Crippen LogP) is 5.83. The first-order valence-corrected chi connectivity index (χ1v) is 11.9. The summed E-state index contributed by atoms with van der Waals surface area (Å²) in [6.07, 6.45) is 4.96. The van der Waals surface area contributed by atoms with Crippen molar-refractivity contribution in [2.75, 3.05) is 29.9 Å². The van der Waals surface area contributed by atoms with Crippen molar-refractivity contribution in [3.05, 3.63) is 35.2 Å². The van der Waals surface area contributed by atoms with Gasteiger partial charge < -0.3 is 19.7 Å². The molecule has 0 spiro atoms. The molecule has 2 fully saturated rings. The summed E-state index contributed by atoms with van der Waals surface area (Å²) in [6, 6.07) is 7.98. The van der Waals surface area contributed by atoms with Crippen LogP contribution in [0.1, 0.15) is 46.5 Å². The molecule has 2 aliphatic rings. The Morgan fingerprint density at radius 2 is 1.72 bits per heavy atom. The van der Waals surface area contributed by atoms with Gasteiger partial charge in [0, 0.05) is 24.5 Å². The molecule has 2 heterocycles. The molecule has 0 amide bonds. The lowest BCUT2D eigenvalue weighted by Crippen LogP contribution is -2.45. The fourth-order valence-electron chi connectivity index (χ4n) is 4.52. The van der Waals surface area contributed by atoms with Crippen LogP contribution in [0, 0.1) is 17.7 Å². The van der Waals surface area contributed by atoms with E-state index in [9.17, 15) is 4.39 Å². The Morgan fingerprint density at radius 1 is 1.06 bits per heavy atom. The minimum Gasteiger partial charge on any atom is -0.475 e. The molecule has 1 aliphatic heterocycles. The highest BCUT2D eigenvalue weighted by atomic mass is 35.5.